The molecule has 0 saturated carbocycles. The topological polar surface area (TPSA) is 55.1 Å². The van der Waals surface area contributed by atoms with Crippen molar-refractivity contribution in [1.29, 1.82) is 0 Å². The van der Waals surface area contributed by atoms with E-state index in [1.807, 2.05) is 59.4 Å². The van der Waals surface area contributed by atoms with Crippen LogP contribution in [0, 0.1) is 0 Å². The van der Waals surface area contributed by atoms with E-state index in [0.717, 1.165) is 35.7 Å². The van der Waals surface area contributed by atoms with Gasteiger partial charge in [-0.1, -0.05) is 29.8 Å². The molecule has 3 aromatic heterocycles. The largest absolute Gasteiger partial charge is 0.368 e. The lowest BCUT2D eigenvalue weighted by Gasteiger charge is -2.07. The summed E-state index contributed by atoms with van der Waals surface area (Å²) in [6, 6.07) is 15.6. The highest BCUT2D eigenvalue weighted by atomic mass is 35.5. The summed E-state index contributed by atoms with van der Waals surface area (Å²) in [5.74, 6) is 0.810. The predicted molar refractivity (Wildman–Crippen MR) is 99.9 cm³/mol. The summed E-state index contributed by atoms with van der Waals surface area (Å²) < 4.78 is 1.84. The van der Waals surface area contributed by atoms with Crippen LogP contribution in [0.15, 0.2) is 67.1 Å². The number of hydrogen-bond donors (Lipinski definition) is 1. The quantitative estimate of drug-likeness (QED) is 0.589. The molecule has 5 nitrogen and oxygen atoms in total. The van der Waals surface area contributed by atoms with Crippen LogP contribution in [0.2, 0.25) is 5.02 Å². The van der Waals surface area contributed by atoms with E-state index >= 15 is 0 Å². The highest BCUT2D eigenvalue weighted by Crippen LogP contribution is 2.22. The average Bonchev–Trinajstić information content (AvgIpc) is 3.07. The van der Waals surface area contributed by atoms with Gasteiger partial charge in [0.1, 0.15) is 5.82 Å². The Morgan fingerprint density at radius 1 is 1.00 bits per heavy atom. The maximum absolute atomic E-state index is 5.97. The Morgan fingerprint density at radius 2 is 1.88 bits per heavy atom. The third-order valence-electron chi connectivity index (χ3n) is 3.94. The average molecular weight is 350 g/mol. The van der Waals surface area contributed by atoms with Crippen molar-refractivity contribution in [2.75, 3.05) is 11.9 Å². The summed E-state index contributed by atoms with van der Waals surface area (Å²) in [6.45, 7) is 0.787. The summed E-state index contributed by atoms with van der Waals surface area (Å²) in [4.78, 5) is 8.55. The molecule has 0 bridgehead atoms. The van der Waals surface area contributed by atoms with Gasteiger partial charge in [0.2, 0.25) is 0 Å². The molecule has 0 aliphatic rings. The number of imidazole rings is 1. The van der Waals surface area contributed by atoms with Gasteiger partial charge < -0.3 is 5.32 Å². The second-order valence-electron chi connectivity index (χ2n) is 5.68. The van der Waals surface area contributed by atoms with Crippen molar-refractivity contribution in [3.63, 3.8) is 0 Å². The van der Waals surface area contributed by atoms with Gasteiger partial charge in [0.15, 0.2) is 5.65 Å². The zero-order valence-electron chi connectivity index (χ0n) is 13.4. The highest BCUT2D eigenvalue weighted by Gasteiger charge is 2.08. The first-order valence-electron chi connectivity index (χ1n) is 8.03. The highest BCUT2D eigenvalue weighted by molar-refractivity contribution is 6.30. The summed E-state index contributed by atoms with van der Waals surface area (Å²) in [6.07, 6.45) is 6.38. The summed E-state index contributed by atoms with van der Waals surface area (Å²) in [5.41, 5.74) is 3.96. The minimum absolute atomic E-state index is 0.711. The zero-order chi connectivity index (χ0) is 17.1. The van der Waals surface area contributed by atoms with Gasteiger partial charge in [-0.05, 0) is 42.3 Å². The van der Waals surface area contributed by atoms with E-state index in [0.29, 0.717) is 5.02 Å². The third kappa shape index (κ3) is 3.46. The number of anilines is 1. The molecule has 0 amide bonds. The van der Waals surface area contributed by atoms with E-state index in [1.54, 1.807) is 6.20 Å². The molecule has 0 radical (unpaired) electrons. The molecule has 25 heavy (non-hydrogen) atoms. The van der Waals surface area contributed by atoms with Gasteiger partial charge in [0.05, 0.1) is 11.9 Å². The summed E-state index contributed by atoms with van der Waals surface area (Å²) >= 11 is 5.97. The number of nitrogens with one attached hydrogen (secondary N) is 1. The summed E-state index contributed by atoms with van der Waals surface area (Å²) in [5, 5.41) is 8.73. The Labute approximate surface area is 150 Å². The number of fused-ring (bicyclic) bond motifs is 1. The Morgan fingerprint density at radius 3 is 2.68 bits per heavy atom. The second-order valence-corrected chi connectivity index (χ2v) is 6.11. The maximum atomic E-state index is 5.97. The first-order chi connectivity index (χ1) is 12.3. The number of halogens is 1. The minimum atomic E-state index is 0.711. The molecule has 0 spiro atoms. The van der Waals surface area contributed by atoms with Gasteiger partial charge in [0, 0.05) is 29.5 Å². The molecular weight excluding hydrogens is 334 g/mol. The van der Waals surface area contributed by atoms with Gasteiger partial charge in [-0.2, -0.15) is 0 Å². The molecule has 3 heterocycles. The first kappa shape index (κ1) is 15.6. The molecule has 0 atom stereocenters. The Hall–Kier alpha value is -2.92. The second kappa shape index (κ2) is 6.91. The van der Waals surface area contributed by atoms with E-state index in [9.17, 15) is 0 Å². The minimum Gasteiger partial charge on any atom is -0.368 e. The van der Waals surface area contributed by atoms with Crippen molar-refractivity contribution in [2.45, 2.75) is 6.42 Å². The van der Waals surface area contributed by atoms with Gasteiger partial charge >= 0.3 is 0 Å². The van der Waals surface area contributed by atoms with Crippen LogP contribution in [-0.2, 0) is 6.42 Å². The molecule has 0 fully saturated rings. The molecule has 0 aliphatic carbocycles. The van der Waals surface area contributed by atoms with Crippen molar-refractivity contribution >= 4 is 23.1 Å². The smallest absolute Gasteiger partial charge is 0.154 e. The van der Waals surface area contributed by atoms with Crippen molar-refractivity contribution < 1.29 is 0 Å². The monoisotopic (exact) mass is 349 g/mol. The molecule has 0 unspecified atom stereocenters. The van der Waals surface area contributed by atoms with Gasteiger partial charge in [-0.3, -0.25) is 4.98 Å². The van der Waals surface area contributed by atoms with Crippen LogP contribution >= 0.6 is 11.6 Å². The fourth-order valence-corrected chi connectivity index (χ4v) is 2.79. The summed E-state index contributed by atoms with van der Waals surface area (Å²) in [7, 11) is 0. The molecule has 124 valence electrons. The van der Waals surface area contributed by atoms with E-state index in [-0.39, 0.29) is 0 Å². The normalized spacial score (nSPS) is 10.9. The van der Waals surface area contributed by atoms with Crippen molar-refractivity contribution in [2.24, 2.45) is 0 Å². The molecule has 1 aromatic carbocycles. The van der Waals surface area contributed by atoms with E-state index in [4.69, 9.17) is 11.6 Å². The zero-order valence-corrected chi connectivity index (χ0v) is 14.2. The Kier molecular flexibility index (Phi) is 4.31. The fourth-order valence-electron chi connectivity index (χ4n) is 2.67. The number of aromatic nitrogens is 4. The van der Waals surface area contributed by atoms with Crippen LogP contribution in [0.4, 0.5) is 5.82 Å². The molecule has 0 saturated heterocycles. The van der Waals surface area contributed by atoms with Crippen LogP contribution < -0.4 is 5.32 Å². The van der Waals surface area contributed by atoms with Gasteiger partial charge in [0.25, 0.3) is 0 Å². The van der Waals surface area contributed by atoms with E-state index < -0.39 is 0 Å². The number of hydrogen-bond acceptors (Lipinski definition) is 4. The van der Waals surface area contributed by atoms with Crippen molar-refractivity contribution in [3.05, 3.63) is 77.7 Å². The van der Waals surface area contributed by atoms with Gasteiger partial charge in [-0.25, -0.2) is 9.50 Å². The lowest BCUT2D eigenvalue weighted by molar-refractivity contribution is 0.918. The van der Waals surface area contributed by atoms with Crippen LogP contribution in [0.3, 0.4) is 0 Å². The maximum Gasteiger partial charge on any atom is 0.154 e. The first-order valence-corrected chi connectivity index (χ1v) is 8.41. The molecule has 4 rings (SSSR count). The van der Waals surface area contributed by atoms with E-state index in [1.165, 1.54) is 5.56 Å². The SMILES string of the molecule is Clc1ccc(-c2cnc3ccc(NCCc4cccnc4)nn23)cc1. The van der Waals surface area contributed by atoms with Crippen LogP contribution in [-0.4, -0.2) is 26.1 Å². The number of rotatable bonds is 5. The van der Waals surface area contributed by atoms with Crippen molar-refractivity contribution in [3.8, 4) is 11.3 Å². The number of pyridine rings is 1. The lowest BCUT2D eigenvalue weighted by atomic mass is 10.2. The lowest BCUT2D eigenvalue weighted by Crippen LogP contribution is -2.08. The van der Waals surface area contributed by atoms with Crippen molar-refractivity contribution in [1.82, 2.24) is 19.6 Å². The van der Waals surface area contributed by atoms with Crippen LogP contribution in [0.5, 0.6) is 0 Å². The van der Waals surface area contributed by atoms with Crippen LogP contribution in [0.1, 0.15) is 5.56 Å². The molecule has 0 aliphatic heterocycles. The van der Waals surface area contributed by atoms with E-state index in [2.05, 4.69) is 26.4 Å². The Balaban J connectivity index is 1.55. The molecule has 1 N–H and O–H groups in total. The Bertz CT molecular complexity index is 980. The molecule has 4 aromatic rings. The van der Waals surface area contributed by atoms with Gasteiger partial charge in [-0.15, -0.1) is 5.10 Å². The van der Waals surface area contributed by atoms with Crippen LogP contribution in [0.25, 0.3) is 16.9 Å². The number of benzene rings is 1. The molecular formula is C19H16ClN5. The predicted octanol–water partition coefficient (Wildman–Crippen LogP) is 4.10. The fraction of sp³-hybridized carbons (Fsp3) is 0.105. The number of nitrogens with zero attached hydrogens (tertiary/aromatic N) is 4. The standard InChI is InChI=1S/C19H16ClN5/c20-16-5-3-15(4-6-16)17-13-23-19-8-7-18(24-25(17)19)22-11-9-14-2-1-10-21-12-14/h1-8,10,12-13H,9,11H2,(H,22,24). The molecule has 6 heteroatoms. The third-order valence-corrected chi connectivity index (χ3v) is 4.20.